The van der Waals surface area contributed by atoms with Gasteiger partial charge in [-0.05, 0) is 33.6 Å². The van der Waals surface area contributed by atoms with Crippen molar-refractivity contribution in [1.29, 1.82) is 0 Å². The van der Waals surface area contributed by atoms with E-state index in [2.05, 4.69) is 46.4 Å². The molecule has 1 atom stereocenters. The van der Waals surface area contributed by atoms with Crippen LogP contribution in [0.15, 0.2) is 21.8 Å². The average Bonchev–Trinajstić information content (AvgIpc) is 3.16. The summed E-state index contributed by atoms with van der Waals surface area (Å²) in [6.45, 7) is 17.5. The van der Waals surface area contributed by atoms with E-state index in [0.717, 1.165) is 50.9 Å². The Morgan fingerprint density at radius 2 is 1.97 bits per heavy atom. The molecule has 1 fully saturated rings. The molecule has 2 rings (SSSR count). The summed E-state index contributed by atoms with van der Waals surface area (Å²) in [6, 6.07) is 1.81. The number of nitrogens with zero attached hydrogens (tertiary/aromatic N) is 4. The molecular formula is C21H39IN6O3. The first-order valence-corrected chi connectivity index (χ1v) is 10.8. The third-order valence-corrected chi connectivity index (χ3v) is 4.83. The maximum Gasteiger partial charge on any atom is 0.407 e. The van der Waals surface area contributed by atoms with Crippen molar-refractivity contribution in [2.75, 3.05) is 39.3 Å². The lowest BCUT2D eigenvalue weighted by Crippen LogP contribution is -2.52. The average molecular weight is 550 g/mol. The number of carbonyl (C=O) groups is 1. The minimum atomic E-state index is -0.518. The standard InChI is InChI=1S/C21H38N6O3.HI/c1-7-22-19(23-14-18(16(2)3)24-20(28)30-21(4,5)6)27-11-9-26(10-12-27)15-17-8-13-29-25-17;/h8,13,16,18H,7,9-12,14-15H2,1-6H3,(H,22,23)(H,24,28);1H. The minimum Gasteiger partial charge on any atom is -0.444 e. The quantitative estimate of drug-likeness (QED) is 0.306. The molecule has 31 heavy (non-hydrogen) atoms. The number of carbonyl (C=O) groups excluding carboxylic acids is 1. The Morgan fingerprint density at radius 1 is 1.29 bits per heavy atom. The van der Waals surface area contributed by atoms with Crippen molar-refractivity contribution in [3.63, 3.8) is 0 Å². The van der Waals surface area contributed by atoms with Gasteiger partial charge in [-0.3, -0.25) is 9.89 Å². The van der Waals surface area contributed by atoms with Gasteiger partial charge < -0.3 is 24.8 Å². The zero-order valence-electron chi connectivity index (χ0n) is 19.7. The second kappa shape index (κ2) is 13.1. The van der Waals surface area contributed by atoms with Crippen LogP contribution in [0.4, 0.5) is 4.79 Å². The number of piperazine rings is 1. The summed E-state index contributed by atoms with van der Waals surface area (Å²) in [6.07, 6.45) is 1.21. The summed E-state index contributed by atoms with van der Waals surface area (Å²) in [4.78, 5) is 21.6. The van der Waals surface area contributed by atoms with Crippen LogP contribution in [0.3, 0.4) is 0 Å². The molecule has 2 N–H and O–H groups in total. The van der Waals surface area contributed by atoms with Crippen LogP contribution in [0.5, 0.6) is 0 Å². The van der Waals surface area contributed by atoms with Gasteiger partial charge >= 0.3 is 6.09 Å². The van der Waals surface area contributed by atoms with Crippen molar-refractivity contribution in [2.45, 2.75) is 59.7 Å². The van der Waals surface area contributed by atoms with E-state index >= 15 is 0 Å². The van der Waals surface area contributed by atoms with Gasteiger partial charge in [0, 0.05) is 45.3 Å². The number of nitrogens with one attached hydrogen (secondary N) is 2. The Kier molecular flexibility index (Phi) is 11.6. The lowest BCUT2D eigenvalue weighted by atomic mass is 10.1. The molecule has 0 saturated carbocycles. The van der Waals surface area contributed by atoms with Gasteiger partial charge in [-0.2, -0.15) is 0 Å². The number of guanidine groups is 1. The normalized spacial score (nSPS) is 16.6. The molecule has 10 heteroatoms. The second-order valence-corrected chi connectivity index (χ2v) is 8.95. The lowest BCUT2D eigenvalue weighted by molar-refractivity contribution is 0.0493. The summed E-state index contributed by atoms with van der Waals surface area (Å²) in [5.41, 5.74) is 0.437. The smallest absolute Gasteiger partial charge is 0.407 e. The van der Waals surface area contributed by atoms with Gasteiger partial charge in [0.1, 0.15) is 11.9 Å². The molecule has 1 saturated heterocycles. The van der Waals surface area contributed by atoms with E-state index < -0.39 is 11.7 Å². The summed E-state index contributed by atoms with van der Waals surface area (Å²) < 4.78 is 10.3. The van der Waals surface area contributed by atoms with Crippen LogP contribution in [-0.4, -0.2) is 77.9 Å². The van der Waals surface area contributed by atoms with Gasteiger partial charge in [0.25, 0.3) is 0 Å². The number of aromatic nitrogens is 1. The monoisotopic (exact) mass is 550 g/mol. The molecule has 1 aliphatic heterocycles. The summed E-state index contributed by atoms with van der Waals surface area (Å²) in [5, 5.41) is 10.3. The Hall–Kier alpha value is -1.56. The van der Waals surface area contributed by atoms with Crippen LogP contribution in [0.2, 0.25) is 0 Å². The predicted octanol–water partition coefficient (Wildman–Crippen LogP) is 2.93. The summed E-state index contributed by atoms with van der Waals surface area (Å²) in [5.74, 6) is 1.12. The molecule has 0 aromatic carbocycles. The Morgan fingerprint density at radius 3 is 2.48 bits per heavy atom. The maximum atomic E-state index is 12.2. The van der Waals surface area contributed by atoms with Crippen molar-refractivity contribution in [2.24, 2.45) is 10.9 Å². The highest BCUT2D eigenvalue weighted by atomic mass is 127. The van der Waals surface area contributed by atoms with E-state index in [4.69, 9.17) is 14.3 Å². The molecule has 1 aromatic heterocycles. The number of amides is 1. The molecule has 178 valence electrons. The van der Waals surface area contributed by atoms with E-state index in [1.807, 2.05) is 26.8 Å². The molecule has 2 heterocycles. The zero-order valence-corrected chi connectivity index (χ0v) is 22.0. The largest absolute Gasteiger partial charge is 0.444 e. The first-order valence-electron chi connectivity index (χ1n) is 10.8. The first kappa shape index (κ1) is 27.5. The molecule has 1 unspecified atom stereocenters. The minimum absolute atomic E-state index is 0. The number of rotatable bonds is 7. The molecule has 0 bridgehead atoms. The van der Waals surface area contributed by atoms with Gasteiger partial charge in [-0.15, -0.1) is 24.0 Å². The number of aliphatic imine (C=N–C) groups is 1. The molecule has 0 spiro atoms. The maximum absolute atomic E-state index is 12.2. The van der Waals surface area contributed by atoms with Crippen LogP contribution in [-0.2, 0) is 11.3 Å². The topological polar surface area (TPSA) is 95.2 Å². The zero-order chi connectivity index (χ0) is 22.1. The van der Waals surface area contributed by atoms with Crippen LogP contribution in [0.25, 0.3) is 0 Å². The van der Waals surface area contributed by atoms with E-state index in [-0.39, 0.29) is 35.9 Å². The van der Waals surface area contributed by atoms with Gasteiger partial charge in [-0.25, -0.2) is 4.79 Å². The third kappa shape index (κ3) is 10.1. The van der Waals surface area contributed by atoms with E-state index in [0.29, 0.717) is 6.54 Å². The van der Waals surface area contributed by atoms with Crippen LogP contribution in [0, 0.1) is 5.92 Å². The van der Waals surface area contributed by atoms with Crippen molar-refractivity contribution < 1.29 is 14.1 Å². The van der Waals surface area contributed by atoms with Gasteiger partial charge in [0.05, 0.1) is 18.3 Å². The van der Waals surface area contributed by atoms with E-state index in [1.54, 1.807) is 6.26 Å². The van der Waals surface area contributed by atoms with Crippen molar-refractivity contribution in [3.8, 4) is 0 Å². The number of ether oxygens (including phenoxy) is 1. The van der Waals surface area contributed by atoms with E-state index in [1.165, 1.54) is 0 Å². The molecule has 0 radical (unpaired) electrons. The molecule has 1 amide bonds. The fourth-order valence-electron chi connectivity index (χ4n) is 3.16. The second-order valence-electron chi connectivity index (χ2n) is 8.95. The number of halogens is 1. The SMILES string of the molecule is CCNC(=NCC(NC(=O)OC(C)(C)C)C(C)C)N1CCN(Cc2ccon2)CC1.I. The highest BCUT2D eigenvalue weighted by molar-refractivity contribution is 14.0. The van der Waals surface area contributed by atoms with Crippen molar-refractivity contribution in [1.82, 2.24) is 25.6 Å². The number of hydrogen-bond donors (Lipinski definition) is 2. The number of alkyl carbamates (subject to hydrolysis) is 1. The van der Waals surface area contributed by atoms with Crippen molar-refractivity contribution in [3.05, 3.63) is 18.0 Å². The van der Waals surface area contributed by atoms with Gasteiger partial charge in [-0.1, -0.05) is 19.0 Å². The highest BCUT2D eigenvalue weighted by Gasteiger charge is 2.23. The summed E-state index contributed by atoms with van der Waals surface area (Å²) >= 11 is 0. The van der Waals surface area contributed by atoms with E-state index in [9.17, 15) is 4.79 Å². The molecule has 1 aliphatic rings. The third-order valence-electron chi connectivity index (χ3n) is 4.83. The lowest BCUT2D eigenvalue weighted by Gasteiger charge is -2.36. The first-order chi connectivity index (χ1) is 14.2. The Balaban J connectivity index is 0.00000480. The fraction of sp³-hybridized carbons (Fsp3) is 0.762. The molecular weight excluding hydrogens is 511 g/mol. The molecule has 1 aromatic rings. The molecule has 9 nitrogen and oxygen atoms in total. The molecule has 0 aliphatic carbocycles. The predicted molar refractivity (Wildman–Crippen MR) is 133 cm³/mol. The van der Waals surface area contributed by atoms with Gasteiger partial charge in [0.15, 0.2) is 5.96 Å². The van der Waals surface area contributed by atoms with Crippen LogP contribution >= 0.6 is 24.0 Å². The summed E-state index contributed by atoms with van der Waals surface area (Å²) in [7, 11) is 0. The number of hydrogen-bond acceptors (Lipinski definition) is 6. The van der Waals surface area contributed by atoms with Crippen LogP contribution in [0.1, 0.15) is 47.2 Å². The van der Waals surface area contributed by atoms with Gasteiger partial charge in [0.2, 0.25) is 0 Å². The Bertz CT molecular complexity index is 667. The Labute approximate surface area is 203 Å². The fourth-order valence-corrected chi connectivity index (χ4v) is 3.16. The van der Waals surface area contributed by atoms with Crippen LogP contribution < -0.4 is 10.6 Å². The highest BCUT2D eigenvalue weighted by Crippen LogP contribution is 2.10. The van der Waals surface area contributed by atoms with Crippen molar-refractivity contribution >= 4 is 36.0 Å².